The van der Waals surface area contributed by atoms with Crippen LogP contribution < -0.4 is 11.4 Å². The number of hydrogen-bond acceptors (Lipinski definition) is 5. The van der Waals surface area contributed by atoms with Crippen molar-refractivity contribution < 1.29 is 4.74 Å². The molecule has 8 nitrogen and oxygen atoms in total. The molecule has 0 amide bonds. The predicted octanol–water partition coefficient (Wildman–Crippen LogP) is 0.0139. The minimum absolute atomic E-state index is 0.0726. The fourth-order valence-electron chi connectivity index (χ4n) is 6.13. The van der Waals surface area contributed by atoms with Gasteiger partial charge in [-0.15, -0.1) is 0 Å². The molecular formula is C15H17N5O3. The monoisotopic (exact) mass is 315 g/mol. The van der Waals surface area contributed by atoms with Gasteiger partial charge in [0.25, 0.3) is 0 Å². The summed E-state index contributed by atoms with van der Waals surface area (Å²) in [5.41, 5.74) is -0.978. The van der Waals surface area contributed by atoms with Crippen molar-refractivity contribution in [2.24, 2.45) is 28.1 Å². The molecule has 120 valence electrons. The molecule has 1 saturated carbocycles. The van der Waals surface area contributed by atoms with E-state index in [1.54, 1.807) is 16.4 Å². The molecule has 6 heterocycles. The maximum absolute atomic E-state index is 12.7. The Balaban J connectivity index is 1.77. The molecule has 2 fully saturated rings. The lowest BCUT2D eigenvalue weighted by Gasteiger charge is -2.64. The highest BCUT2D eigenvalue weighted by molar-refractivity contribution is 5.33. The normalized spacial score (nSPS) is 47.7. The Hall–Kier alpha value is -1.96. The van der Waals surface area contributed by atoms with Gasteiger partial charge in [-0.1, -0.05) is 12.2 Å². The van der Waals surface area contributed by atoms with Crippen molar-refractivity contribution in [3.8, 4) is 0 Å². The first-order chi connectivity index (χ1) is 11.1. The van der Waals surface area contributed by atoms with Gasteiger partial charge < -0.3 is 4.74 Å². The molecule has 3 unspecified atom stereocenters. The van der Waals surface area contributed by atoms with Gasteiger partial charge in [-0.2, -0.15) is 10.2 Å². The fourth-order valence-corrected chi connectivity index (χ4v) is 6.13. The Morgan fingerprint density at radius 1 is 1.00 bits per heavy atom. The second kappa shape index (κ2) is 3.43. The molecule has 2 aliphatic carbocycles. The molecule has 5 aliphatic heterocycles. The van der Waals surface area contributed by atoms with Gasteiger partial charge in [0.1, 0.15) is 0 Å². The second-order valence-corrected chi connectivity index (χ2v) is 7.50. The molecule has 0 N–H and O–H groups in total. The van der Waals surface area contributed by atoms with Crippen LogP contribution >= 0.6 is 0 Å². The first-order valence-electron chi connectivity index (χ1n) is 8.19. The van der Waals surface area contributed by atoms with Crippen molar-refractivity contribution in [1.29, 1.82) is 0 Å². The van der Waals surface area contributed by atoms with E-state index in [0.29, 0.717) is 13.2 Å². The lowest BCUT2D eigenvalue weighted by Crippen LogP contribution is -2.71. The van der Waals surface area contributed by atoms with E-state index in [2.05, 4.69) is 22.4 Å². The van der Waals surface area contributed by atoms with Crippen LogP contribution in [0, 0.1) is 10.8 Å². The van der Waals surface area contributed by atoms with Crippen LogP contribution in [0.5, 0.6) is 0 Å². The zero-order valence-electron chi connectivity index (χ0n) is 12.8. The molecule has 7 aliphatic rings. The topological polar surface area (TPSA) is 82.9 Å². The smallest absolute Gasteiger partial charge is 0.347 e. The van der Waals surface area contributed by atoms with Gasteiger partial charge >= 0.3 is 11.4 Å². The summed E-state index contributed by atoms with van der Waals surface area (Å²) in [5.74, 6) is 0. The van der Waals surface area contributed by atoms with E-state index in [9.17, 15) is 9.59 Å². The lowest BCUT2D eigenvalue weighted by molar-refractivity contribution is -0.125. The molecule has 8 heteroatoms. The quantitative estimate of drug-likeness (QED) is 0.633. The zero-order valence-corrected chi connectivity index (χ0v) is 12.8. The molecule has 0 aromatic carbocycles. The van der Waals surface area contributed by atoms with Crippen LogP contribution in [0.2, 0.25) is 0 Å². The summed E-state index contributed by atoms with van der Waals surface area (Å²) in [5, 5.41) is 9.12. The van der Waals surface area contributed by atoms with E-state index >= 15 is 0 Å². The molecular weight excluding hydrogens is 298 g/mol. The van der Waals surface area contributed by atoms with E-state index in [1.807, 2.05) is 0 Å². The van der Waals surface area contributed by atoms with E-state index in [-0.39, 0.29) is 46.4 Å². The first kappa shape index (κ1) is 12.5. The summed E-state index contributed by atoms with van der Waals surface area (Å²) in [7, 11) is 1.55. The average molecular weight is 315 g/mol. The summed E-state index contributed by atoms with van der Waals surface area (Å²) in [6.07, 6.45) is 6.16. The maximum atomic E-state index is 12.7. The van der Waals surface area contributed by atoms with Crippen LogP contribution in [0.15, 0.2) is 32.0 Å². The first-order valence-corrected chi connectivity index (χ1v) is 8.19. The summed E-state index contributed by atoms with van der Waals surface area (Å²) < 4.78 is 10.5. The van der Waals surface area contributed by atoms with Crippen molar-refractivity contribution in [2.45, 2.75) is 37.0 Å². The van der Waals surface area contributed by atoms with E-state index in [1.165, 1.54) is 4.57 Å². The molecule has 1 aromatic heterocycles. The van der Waals surface area contributed by atoms with Crippen molar-refractivity contribution in [3.63, 3.8) is 0 Å². The van der Waals surface area contributed by atoms with Crippen LogP contribution in [-0.2, 0) is 11.8 Å². The molecule has 0 radical (unpaired) electrons. The van der Waals surface area contributed by atoms with Gasteiger partial charge in [0, 0.05) is 7.05 Å². The number of azo groups is 1. The largest absolute Gasteiger partial charge is 0.380 e. The molecule has 4 bridgehead atoms. The minimum Gasteiger partial charge on any atom is -0.380 e. The van der Waals surface area contributed by atoms with Crippen LogP contribution in [0.4, 0.5) is 0 Å². The number of aromatic nitrogens is 3. The highest BCUT2D eigenvalue weighted by Crippen LogP contribution is 2.71. The number of allylic oxidation sites excluding steroid dienone is 2. The van der Waals surface area contributed by atoms with Crippen LogP contribution in [-0.4, -0.2) is 39.2 Å². The molecule has 23 heavy (non-hydrogen) atoms. The standard InChI is InChI=1S/C15H17N5O3/c1-18-12(21)19-10-4-5-11(20(19)13(18)22)15-7-23-6-14(10,15)8-2-3-9(15)17-16-8/h4-5,8-11H,2-3,6-7H2,1H3/t8-,9?,10?,11+,14+,15?/m0/s1. The Morgan fingerprint density at radius 3 is 1.91 bits per heavy atom. The Morgan fingerprint density at radius 2 is 1.48 bits per heavy atom. The van der Waals surface area contributed by atoms with Gasteiger partial charge in [-0.3, -0.25) is 0 Å². The predicted molar refractivity (Wildman–Crippen MR) is 78.5 cm³/mol. The van der Waals surface area contributed by atoms with Crippen LogP contribution in [0.1, 0.15) is 24.9 Å². The number of nitrogens with zero attached hydrogens (tertiary/aromatic N) is 5. The highest BCUT2D eigenvalue weighted by Gasteiger charge is 2.77. The number of ether oxygens (including phenoxy) is 1. The maximum Gasteiger partial charge on any atom is 0.347 e. The second-order valence-electron chi connectivity index (χ2n) is 7.50. The van der Waals surface area contributed by atoms with E-state index < -0.39 is 0 Å². The SMILES string of the molecule is Cn1c(=O)n2n(c1=O)[C@@H]1C=CC2[C@]23COCC12C1CC[C@@H]3N=N1. The third-order valence-electron chi connectivity index (χ3n) is 7.05. The van der Waals surface area contributed by atoms with Crippen LogP contribution in [0.25, 0.3) is 0 Å². The van der Waals surface area contributed by atoms with Crippen molar-refractivity contribution in [1.82, 2.24) is 13.9 Å². The van der Waals surface area contributed by atoms with E-state index in [0.717, 1.165) is 12.8 Å². The molecule has 0 spiro atoms. The number of fused-ring (bicyclic) bond motifs is 1. The zero-order chi connectivity index (χ0) is 15.6. The lowest BCUT2D eigenvalue weighted by atomic mass is 9.45. The summed E-state index contributed by atoms with van der Waals surface area (Å²) in [4.78, 5) is 25.3. The Kier molecular flexibility index (Phi) is 1.86. The van der Waals surface area contributed by atoms with Crippen molar-refractivity contribution in [3.05, 3.63) is 33.1 Å². The molecule has 1 saturated heterocycles. The van der Waals surface area contributed by atoms with Crippen molar-refractivity contribution >= 4 is 0 Å². The van der Waals surface area contributed by atoms with Crippen LogP contribution in [0.3, 0.4) is 0 Å². The minimum atomic E-state index is -0.248. The molecule has 1 aromatic rings. The summed E-state index contributed by atoms with van der Waals surface area (Å²) in [6.45, 7) is 1.18. The average Bonchev–Trinajstić information content (AvgIpc) is 3.14. The highest BCUT2D eigenvalue weighted by atomic mass is 16.5. The Labute approximate surface area is 131 Å². The van der Waals surface area contributed by atoms with Crippen molar-refractivity contribution in [2.75, 3.05) is 13.2 Å². The third-order valence-corrected chi connectivity index (χ3v) is 7.05. The van der Waals surface area contributed by atoms with Gasteiger partial charge in [-0.05, 0) is 12.8 Å². The third kappa shape index (κ3) is 0.969. The van der Waals surface area contributed by atoms with Gasteiger partial charge in [0.2, 0.25) is 0 Å². The Bertz CT molecular complexity index is 853. The summed E-state index contributed by atoms with van der Waals surface area (Å²) in [6, 6.07) is -0.210. The fraction of sp³-hybridized carbons (Fsp3) is 0.733. The van der Waals surface area contributed by atoms with Gasteiger partial charge in [0.05, 0.1) is 48.2 Å². The van der Waals surface area contributed by atoms with Gasteiger partial charge in [-0.25, -0.2) is 23.5 Å². The molecule has 8 rings (SSSR count). The van der Waals surface area contributed by atoms with Gasteiger partial charge in [0.15, 0.2) is 0 Å². The molecule has 6 atom stereocenters. The number of rotatable bonds is 0. The van der Waals surface area contributed by atoms with E-state index in [4.69, 9.17) is 4.74 Å². The summed E-state index contributed by atoms with van der Waals surface area (Å²) >= 11 is 0. The number of hydrogen-bond donors (Lipinski definition) is 0.